The highest BCUT2D eigenvalue weighted by Gasteiger charge is 2.03. The van der Waals surface area contributed by atoms with Crippen molar-refractivity contribution in [3.8, 4) is 0 Å². The number of anilines is 2. The lowest BCUT2D eigenvalue weighted by atomic mass is 10.1. The molecule has 0 aliphatic heterocycles. The van der Waals surface area contributed by atoms with Crippen LogP contribution in [-0.2, 0) is 0 Å². The highest BCUT2D eigenvalue weighted by atomic mass is 32.1. The van der Waals surface area contributed by atoms with Gasteiger partial charge in [-0.1, -0.05) is 48.6 Å². The minimum atomic E-state index is 0.369. The third-order valence-electron chi connectivity index (χ3n) is 3.10. The smallest absolute Gasteiger partial charge is 0.130 e. The molecule has 0 aliphatic carbocycles. The van der Waals surface area contributed by atoms with Gasteiger partial charge in [0, 0.05) is 22.8 Å². The number of nitrogens with two attached hydrogens (primary N) is 1. The van der Waals surface area contributed by atoms with E-state index >= 15 is 0 Å². The Hall–Kier alpha value is -2.46. The van der Waals surface area contributed by atoms with Crippen LogP contribution < -0.4 is 11.1 Å². The van der Waals surface area contributed by atoms with E-state index in [9.17, 15) is 0 Å². The number of thiocarbonyl (C=S) groups is 1. The summed E-state index contributed by atoms with van der Waals surface area (Å²) in [5, 5.41) is 5.65. The monoisotopic (exact) mass is 279 g/mol. The van der Waals surface area contributed by atoms with Crippen LogP contribution in [0.2, 0.25) is 0 Å². The summed E-state index contributed by atoms with van der Waals surface area (Å²) >= 11 is 4.99. The van der Waals surface area contributed by atoms with Gasteiger partial charge in [0.15, 0.2) is 0 Å². The summed E-state index contributed by atoms with van der Waals surface area (Å²) in [5.41, 5.74) is 7.46. The standard InChI is InChI=1S/C16H13N3S/c17-16(20)12-8-9-18-15(10-12)19-14-7-3-5-11-4-1-2-6-13(11)14/h1-10H,(H2,17,20)(H,18,19). The van der Waals surface area contributed by atoms with Gasteiger partial charge in [0.1, 0.15) is 10.8 Å². The normalized spacial score (nSPS) is 10.4. The predicted molar refractivity (Wildman–Crippen MR) is 87.4 cm³/mol. The zero-order valence-corrected chi connectivity index (χ0v) is 11.5. The molecule has 0 unspecified atom stereocenters. The van der Waals surface area contributed by atoms with Crippen molar-refractivity contribution in [1.82, 2.24) is 4.98 Å². The van der Waals surface area contributed by atoms with E-state index in [0.717, 1.165) is 22.5 Å². The van der Waals surface area contributed by atoms with Crippen molar-refractivity contribution in [2.75, 3.05) is 5.32 Å². The molecule has 0 spiro atoms. The Balaban J connectivity index is 2.01. The second-order valence-corrected chi connectivity index (χ2v) is 4.89. The minimum absolute atomic E-state index is 0.369. The number of rotatable bonds is 3. The number of hydrogen-bond acceptors (Lipinski definition) is 3. The molecule has 3 N–H and O–H groups in total. The van der Waals surface area contributed by atoms with E-state index < -0.39 is 0 Å². The van der Waals surface area contributed by atoms with E-state index in [1.54, 1.807) is 12.3 Å². The molecule has 0 bridgehead atoms. The molecule has 98 valence electrons. The van der Waals surface area contributed by atoms with E-state index in [-0.39, 0.29) is 0 Å². The molecule has 1 aromatic heterocycles. The molecule has 3 nitrogen and oxygen atoms in total. The predicted octanol–water partition coefficient (Wildman–Crippen LogP) is 3.61. The first-order chi connectivity index (χ1) is 9.74. The summed E-state index contributed by atoms with van der Waals surface area (Å²) in [5.74, 6) is 0.728. The number of hydrogen-bond donors (Lipinski definition) is 2. The van der Waals surface area contributed by atoms with E-state index in [1.807, 2.05) is 30.3 Å². The molecular formula is C16H13N3S. The third-order valence-corrected chi connectivity index (χ3v) is 3.33. The summed E-state index contributed by atoms with van der Waals surface area (Å²) in [6.45, 7) is 0. The lowest BCUT2D eigenvalue weighted by molar-refractivity contribution is 1.30. The molecule has 3 rings (SSSR count). The Morgan fingerprint density at radius 1 is 1.05 bits per heavy atom. The number of benzene rings is 2. The molecule has 0 saturated carbocycles. The molecule has 0 radical (unpaired) electrons. The van der Waals surface area contributed by atoms with Crippen molar-refractivity contribution in [3.63, 3.8) is 0 Å². The van der Waals surface area contributed by atoms with Crippen LogP contribution in [0.15, 0.2) is 60.8 Å². The van der Waals surface area contributed by atoms with Gasteiger partial charge in [0.25, 0.3) is 0 Å². The van der Waals surface area contributed by atoms with Gasteiger partial charge < -0.3 is 11.1 Å². The van der Waals surface area contributed by atoms with Crippen LogP contribution in [0.3, 0.4) is 0 Å². The number of aromatic nitrogens is 1. The van der Waals surface area contributed by atoms with Crippen LogP contribution >= 0.6 is 12.2 Å². The van der Waals surface area contributed by atoms with E-state index in [4.69, 9.17) is 18.0 Å². The molecule has 0 saturated heterocycles. The maximum Gasteiger partial charge on any atom is 0.130 e. The van der Waals surface area contributed by atoms with Gasteiger partial charge >= 0.3 is 0 Å². The van der Waals surface area contributed by atoms with Crippen molar-refractivity contribution in [2.24, 2.45) is 5.73 Å². The first-order valence-electron chi connectivity index (χ1n) is 6.25. The van der Waals surface area contributed by atoms with Gasteiger partial charge in [0.05, 0.1) is 0 Å². The van der Waals surface area contributed by atoms with Gasteiger partial charge in [-0.05, 0) is 23.6 Å². The number of nitrogens with one attached hydrogen (secondary N) is 1. The fourth-order valence-corrected chi connectivity index (χ4v) is 2.25. The zero-order chi connectivity index (χ0) is 13.9. The second-order valence-electron chi connectivity index (χ2n) is 4.45. The lowest BCUT2D eigenvalue weighted by Crippen LogP contribution is -2.09. The first kappa shape index (κ1) is 12.6. The summed E-state index contributed by atoms with van der Waals surface area (Å²) in [6, 6.07) is 18.0. The van der Waals surface area contributed by atoms with E-state index in [2.05, 4.69) is 28.5 Å². The van der Waals surface area contributed by atoms with Crippen LogP contribution in [0.5, 0.6) is 0 Å². The molecule has 20 heavy (non-hydrogen) atoms. The van der Waals surface area contributed by atoms with Crippen molar-refractivity contribution >= 4 is 39.5 Å². The third kappa shape index (κ3) is 2.46. The molecule has 4 heteroatoms. The number of fused-ring (bicyclic) bond motifs is 1. The average molecular weight is 279 g/mol. The zero-order valence-electron chi connectivity index (χ0n) is 10.7. The highest BCUT2D eigenvalue weighted by molar-refractivity contribution is 7.80. The van der Waals surface area contributed by atoms with Crippen molar-refractivity contribution < 1.29 is 0 Å². The fraction of sp³-hybridized carbons (Fsp3) is 0. The van der Waals surface area contributed by atoms with Gasteiger partial charge in [-0.2, -0.15) is 0 Å². The van der Waals surface area contributed by atoms with Crippen molar-refractivity contribution in [2.45, 2.75) is 0 Å². The highest BCUT2D eigenvalue weighted by Crippen LogP contribution is 2.25. The minimum Gasteiger partial charge on any atom is -0.389 e. The number of pyridine rings is 1. The first-order valence-corrected chi connectivity index (χ1v) is 6.65. The SMILES string of the molecule is NC(=S)c1ccnc(Nc2cccc3ccccc23)c1. The molecule has 2 aromatic carbocycles. The quantitative estimate of drug-likeness (QED) is 0.719. The van der Waals surface area contributed by atoms with Crippen molar-refractivity contribution in [1.29, 1.82) is 0 Å². The Bertz CT molecular complexity index is 778. The lowest BCUT2D eigenvalue weighted by Gasteiger charge is -2.10. The van der Waals surface area contributed by atoms with E-state index in [1.165, 1.54) is 5.39 Å². The summed E-state index contributed by atoms with van der Waals surface area (Å²) in [6.07, 6.45) is 1.70. The summed E-state index contributed by atoms with van der Waals surface area (Å²) in [7, 11) is 0. The van der Waals surface area contributed by atoms with E-state index in [0.29, 0.717) is 4.99 Å². The Morgan fingerprint density at radius 2 is 1.85 bits per heavy atom. The molecule has 0 aliphatic rings. The Morgan fingerprint density at radius 3 is 2.70 bits per heavy atom. The maximum atomic E-state index is 5.64. The van der Waals surface area contributed by atoms with Crippen LogP contribution in [0.4, 0.5) is 11.5 Å². The molecule has 1 heterocycles. The van der Waals surface area contributed by atoms with Crippen LogP contribution in [-0.4, -0.2) is 9.97 Å². The molecule has 0 fully saturated rings. The average Bonchev–Trinajstić information content (AvgIpc) is 2.48. The number of nitrogens with zero attached hydrogens (tertiary/aromatic N) is 1. The Kier molecular flexibility index (Phi) is 3.31. The maximum absolute atomic E-state index is 5.64. The second kappa shape index (κ2) is 5.27. The molecule has 3 aromatic rings. The van der Waals surface area contributed by atoms with Crippen LogP contribution in [0.25, 0.3) is 10.8 Å². The van der Waals surface area contributed by atoms with Crippen molar-refractivity contribution in [3.05, 3.63) is 66.4 Å². The van der Waals surface area contributed by atoms with Gasteiger partial charge in [-0.3, -0.25) is 0 Å². The molecule has 0 amide bonds. The van der Waals surface area contributed by atoms with Gasteiger partial charge in [-0.15, -0.1) is 0 Å². The summed E-state index contributed by atoms with van der Waals surface area (Å²) < 4.78 is 0. The van der Waals surface area contributed by atoms with Crippen LogP contribution in [0.1, 0.15) is 5.56 Å². The van der Waals surface area contributed by atoms with Gasteiger partial charge in [-0.25, -0.2) is 4.98 Å². The van der Waals surface area contributed by atoms with Gasteiger partial charge in [0.2, 0.25) is 0 Å². The van der Waals surface area contributed by atoms with Crippen LogP contribution in [0, 0.1) is 0 Å². The summed E-state index contributed by atoms with van der Waals surface area (Å²) in [4.78, 5) is 4.67. The Labute approximate surface area is 122 Å². The molecule has 0 atom stereocenters. The topological polar surface area (TPSA) is 50.9 Å². The molecular weight excluding hydrogens is 266 g/mol. The largest absolute Gasteiger partial charge is 0.389 e. The fourth-order valence-electron chi connectivity index (χ4n) is 2.12.